The second kappa shape index (κ2) is 7.20. The first-order valence-electron chi connectivity index (χ1n) is 8.72. The van der Waals surface area contributed by atoms with E-state index in [2.05, 4.69) is 5.32 Å². The second-order valence-electron chi connectivity index (χ2n) is 6.89. The number of carbonyl (C=O) groups is 2. The summed E-state index contributed by atoms with van der Waals surface area (Å²) < 4.78 is 5.38. The summed E-state index contributed by atoms with van der Waals surface area (Å²) in [6, 6.07) is 11.6. The van der Waals surface area contributed by atoms with Crippen LogP contribution >= 0.6 is 0 Å². The molecule has 0 saturated carbocycles. The zero-order valence-corrected chi connectivity index (χ0v) is 15.6. The number of ether oxygens (including phenoxy) is 1. The van der Waals surface area contributed by atoms with Crippen LogP contribution in [-0.2, 0) is 9.59 Å². The number of nitrogens with one attached hydrogen (secondary N) is 1. The van der Waals surface area contributed by atoms with E-state index in [0.29, 0.717) is 12.3 Å². The third-order valence-corrected chi connectivity index (χ3v) is 4.76. The van der Waals surface area contributed by atoms with Gasteiger partial charge in [0.2, 0.25) is 11.8 Å². The van der Waals surface area contributed by atoms with Crippen LogP contribution in [0.1, 0.15) is 23.1 Å². The lowest BCUT2D eigenvalue weighted by molar-refractivity contribution is -0.122. The first-order chi connectivity index (χ1) is 12.4. The molecule has 1 N–H and O–H groups in total. The van der Waals surface area contributed by atoms with Crippen molar-refractivity contribution >= 4 is 23.2 Å². The number of anilines is 2. The highest BCUT2D eigenvalue weighted by Crippen LogP contribution is 2.34. The lowest BCUT2D eigenvalue weighted by Crippen LogP contribution is -2.28. The third-order valence-electron chi connectivity index (χ3n) is 4.76. The zero-order chi connectivity index (χ0) is 18.8. The molecule has 0 aromatic heterocycles. The molecule has 1 heterocycles. The van der Waals surface area contributed by atoms with Crippen LogP contribution in [0.4, 0.5) is 11.4 Å². The Labute approximate surface area is 154 Å². The lowest BCUT2D eigenvalue weighted by atomic mass is 10.1. The molecule has 5 nitrogen and oxygen atoms in total. The first kappa shape index (κ1) is 18.0. The number of amides is 2. The molecule has 136 valence electrons. The maximum Gasteiger partial charge on any atom is 0.229 e. The molecule has 0 spiro atoms. The molecule has 5 heteroatoms. The Morgan fingerprint density at radius 1 is 1.12 bits per heavy atom. The van der Waals surface area contributed by atoms with Crippen LogP contribution in [0, 0.1) is 26.7 Å². The molecule has 26 heavy (non-hydrogen) atoms. The highest BCUT2D eigenvalue weighted by Gasteiger charge is 2.36. The van der Waals surface area contributed by atoms with Gasteiger partial charge in [-0.2, -0.15) is 0 Å². The van der Waals surface area contributed by atoms with Gasteiger partial charge in [-0.15, -0.1) is 0 Å². The molecule has 1 fully saturated rings. The highest BCUT2D eigenvalue weighted by molar-refractivity contribution is 6.04. The van der Waals surface area contributed by atoms with E-state index in [0.717, 1.165) is 28.1 Å². The van der Waals surface area contributed by atoms with Crippen LogP contribution in [0.15, 0.2) is 36.4 Å². The number of benzene rings is 2. The SMILES string of the molecule is COc1ccc(C)cc1N1C[C@@H](C(=O)Nc2ccc(C)cc2C)CC1=O. The van der Waals surface area contributed by atoms with Gasteiger partial charge in [-0.05, 0) is 50.1 Å². The van der Waals surface area contributed by atoms with E-state index < -0.39 is 0 Å². The summed E-state index contributed by atoms with van der Waals surface area (Å²) in [5.41, 5.74) is 4.71. The largest absolute Gasteiger partial charge is 0.495 e. The summed E-state index contributed by atoms with van der Waals surface area (Å²) in [6.45, 7) is 6.30. The van der Waals surface area contributed by atoms with E-state index in [1.54, 1.807) is 12.0 Å². The average Bonchev–Trinajstić information content (AvgIpc) is 2.99. The minimum absolute atomic E-state index is 0.0605. The van der Waals surface area contributed by atoms with Crippen LogP contribution in [0.3, 0.4) is 0 Å². The summed E-state index contributed by atoms with van der Waals surface area (Å²) in [7, 11) is 1.58. The topological polar surface area (TPSA) is 58.6 Å². The summed E-state index contributed by atoms with van der Waals surface area (Å²) in [4.78, 5) is 26.8. The molecule has 0 unspecified atom stereocenters. The molecule has 0 aliphatic carbocycles. The molecule has 1 saturated heterocycles. The molecule has 1 aliphatic rings. The standard InChI is InChI=1S/C21H24N2O3/c1-13-5-7-17(15(3)9-13)22-21(25)16-11-20(24)23(12-16)18-10-14(2)6-8-19(18)26-4/h5-10,16H,11-12H2,1-4H3,(H,22,25)/t16-/m0/s1. The maximum atomic E-state index is 12.7. The van der Waals surface area contributed by atoms with Gasteiger partial charge in [0.1, 0.15) is 5.75 Å². The zero-order valence-electron chi connectivity index (χ0n) is 15.6. The molecular formula is C21H24N2O3. The normalized spacial score (nSPS) is 16.7. The van der Waals surface area contributed by atoms with Crippen molar-refractivity contribution in [3.63, 3.8) is 0 Å². The highest BCUT2D eigenvalue weighted by atomic mass is 16.5. The number of hydrogen-bond donors (Lipinski definition) is 1. The Balaban J connectivity index is 1.77. The monoisotopic (exact) mass is 352 g/mol. The first-order valence-corrected chi connectivity index (χ1v) is 8.72. The van der Waals surface area contributed by atoms with Gasteiger partial charge in [0, 0.05) is 18.7 Å². The van der Waals surface area contributed by atoms with Crippen LogP contribution in [0.25, 0.3) is 0 Å². The van der Waals surface area contributed by atoms with Crippen LogP contribution < -0.4 is 15.0 Å². The van der Waals surface area contributed by atoms with Gasteiger partial charge in [0.05, 0.1) is 18.7 Å². The summed E-state index contributed by atoms with van der Waals surface area (Å²) >= 11 is 0. The predicted octanol–water partition coefficient (Wildman–Crippen LogP) is 3.61. The molecule has 3 rings (SSSR count). The van der Waals surface area contributed by atoms with Gasteiger partial charge in [0.25, 0.3) is 0 Å². The molecular weight excluding hydrogens is 328 g/mol. The number of hydrogen-bond acceptors (Lipinski definition) is 3. The van der Waals surface area contributed by atoms with Gasteiger partial charge >= 0.3 is 0 Å². The quantitative estimate of drug-likeness (QED) is 0.914. The number of methoxy groups -OCH3 is 1. The fourth-order valence-electron chi connectivity index (χ4n) is 3.32. The number of carbonyl (C=O) groups excluding carboxylic acids is 2. The van der Waals surface area contributed by atoms with Gasteiger partial charge in [-0.1, -0.05) is 23.8 Å². The van der Waals surface area contributed by atoms with E-state index in [4.69, 9.17) is 4.74 Å². The maximum absolute atomic E-state index is 12.7. The Hall–Kier alpha value is -2.82. The summed E-state index contributed by atoms with van der Waals surface area (Å²) in [5, 5.41) is 2.96. The van der Waals surface area contributed by atoms with E-state index in [1.165, 1.54) is 0 Å². The number of aryl methyl sites for hydroxylation is 3. The Morgan fingerprint density at radius 2 is 1.81 bits per heavy atom. The van der Waals surface area contributed by atoms with Crippen molar-refractivity contribution in [1.82, 2.24) is 0 Å². The van der Waals surface area contributed by atoms with E-state index in [-0.39, 0.29) is 24.2 Å². The average molecular weight is 352 g/mol. The molecule has 0 bridgehead atoms. The van der Waals surface area contributed by atoms with Gasteiger partial charge < -0.3 is 15.0 Å². The summed E-state index contributed by atoms with van der Waals surface area (Å²) in [6.07, 6.45) is 0.202. The Bertz CT molecular complexity index is 860. The van der Waals surface area contributed by atoms with Gasteiger partial charge in [0.15, 0.2) is 0 Å². The van der Waals surface area contributed by atoms with Crippen LogP contribution in [0.2, 0.25) is 0 Å². The number of rotatable bonds is 4. The fraction of sp³-hybridized carbons (Fsp3) is 0.333. The third kappa shape index (κ3) is 3.57. The molecule has 0 radical (unpaired) electrons. The van der Waals surface area contributed by atoms with E-state index >= 15 is 0 Å². The van der Waals surface area contributed by atoms with Crippen molar-refractivity contribution in [2.24, 2.45) is 5.92 Å². The second-order valence-corrected chi connectivity index (χ2v) is 6.89. The molecule has 1 atom stereocenters. The van der Waals surface area contributed by atoms with Crippen molar-refractivity contribution in [3.05, 3.63) is 53.1 Å². The molecule has 2 aromatic rings. The van der Waals surface area contributed by atoms with Crippen molar-refractivity contribution < 1.29 is 14.3 Å². The van der Waals surface area contributed by atoms with Crippen molar-refractivity contribution in [1.29, 1.82) is 0 Å². The minimum atomic E-state index is -0.381. The summed E-state index contributed by atoms with van der Waals surface area (Å²) in [5.74, 6) is 0.0712. The van der Waals surface area contributed by atoms with Crippen LogP contribution in [-0.4, -0.2) is 25.5 Å². The predicted molar refractivity (Wildman–Crippen MR) is 103 cm³/mol. The molecule has 2 aromatic carbocycles. The van der Waals surface area contributed by atoms with Gasteiger partial charge in [-0.25, -0.2) is 0 Å². The van der Waals surface area contributed by atoms with E-state index in [9.17, 15) is 9.59 Å². The Morgan fingerprint density at radius 3 is 2.50 bits per heavy atom. The lowest BCUT2D eigenvalue weighted by Gasteiger charge is -2.20. The van der Waals surface area contributed by atoms with Crippen molar-refractivity contribution in [3.8, 4) is 5.75 Å². The van der Waals surface area contributed by atoms with Crippen LogP contribution in [0.5, 0.6) is 5.75 Å². The minimum Gasteiger partial charge on any atom is -0.495 e. The molecule has 2 amide bonds. The van der Waals surface area contributed by atoms with Crippen molar-refractivity contribution in [2.75, 3.05) is 23.9 Å². The smallest absolute Gasteiger partial charge is 0.229 e. The van der Waals surface area contributed by atoms with Crippen molar-refractivity contribution in [2.45, 2.75) is 27.2 Å². The van der Waals surface area contributed by atoms with Gasteiger partial charge in [-0.3, -0.25) is 9.59 Å². The van der Waals surface area contributed by atoms with E-state index in [1.807, 2.05) is 57.2 Å². The number of nitrogens with zero attached hydrogens (tertiary/aromatic N) is 1. The Kier molecular flexibility index (Phi) is 4.98. The fourth-order valence-corrected chi connectivity index (χ4v) is 3.32. The molecule has 1 aliphatic heterocycles.